The third-order valence-electron chi connectivity index (χ3n) is 3.56. The van der Waals surface area contributed by atoms with Crippen molar-refractivity contribution in [2.24, 2.45) is 0 Å². The predicted molar refractivity (Wildman–Crippen MR) is 85.5 cm³/mol. The van der Waals surface area contributed by atoms with Crippen LogP contribution in [0.25, 0.3) is 0 Å². The van der Waals surface area contributed by atoms with E-state index in [2.05, 4.69) is 38.5 Å². The van der Waals surface area contributed by atoms with Crippen LogP contribution in [0.4, 0.5) is 23.0 Å². The molecular formula is C15H20N6. The first-order valence-electron chi connectivity index (χ1n) is 7.06. The van der Waals surface area contributed by atoms with E-state index in [1.165, 1.54) is 11.3 Å². The number of hydrogen-bond donors (Lipinski definition) is 2. The minimum absolute atomic E-state index is 0.572. The number of aromatic nitrogens is 2. The number of benzene rings is 1. The van der Waals surface area contributed by atoms with Crippen LogP contribution in [0, 0.1) is 0 Å². The Kier molecular flexibility index (Phi) is 3.62. The van der Waals surface area contributed by atoms with Gasteiger partial charge in [0.25, 0.3) is 0 Å². The van der Waals surface area contributed by atoms with Gasteiger partial charge in [0.15, 0.2) is 11.6 Å². The van der Waals surface area contributed by atoms with Gasteiger partial charge >= 0.3 is 0 Å². The number of nitrogens with one attached hydrogen (secondary N) is 1. The Morgan fingerprint density at radius 2 is 2.05 bits per heavy atom. The summed E-state index contributed by atoms with van der Waals surface area (Å²) in [6.07, 6.45) is 3.74. The molecule has 2 aromatic rings. The van der Waals surface area contributed by atoms with Gasteiger partial charge in [-0.25, -0.2) is 15.0 Å². The molecule has 0 aliphatic carbocycles. The van der Waals surface area contributed by atoms with Crippen LogP contribution in [0.5, 0.6) is 0 Å². The van der Waals surface area contributed by atoms with Gasteiger partial charge in [-0.05, 0) is 24.5 Å². The van der Waals surface area contributed by atoms with E-state index in [1.54, 1.807) is 6.33 Å². The highest BCUT2D eigenvalue weighted by atomic mass is 15.5. The minimum Gasteiger partial charge on any atom is -0.393 e. The fourth-order valence-electron chi connectivity index (χ4n) is 2.66. The highest BCUT2D eigenvalue weighted by Crippen LogP contribution is 2.36. The molecule has 1 aromatic heterocycles. The fraction of sp³-hybridized carbons (Fsp3) is 0.333. The molecule has 0 bridgehead atoms. The van der Waals surface area contributed by atoms with Crippen molar-refractivity contribution in [1.82, 2.24) is 15.0 Å². The lowest BCUT2D eigenvalue weighted by Gasteiger charge is -2.31. The van der Waals surface area contributed by atoms with Crippen molar-refractivity contribution in [2.75, 3.05) is 36.7 Å². The maximum Gasteiger partial charge on any atom is 0.169 e. The first-order valence-corrected chi connectivity index (χ1v) is 7.06. The summed E-state index contributed by atoms with van der Waals surface area (Å²) < 4.78 is 0. The number of hydrazine groups is 1. The zero-order valence-corrected chi connectivity index (χ0v) is 12.4. The van der Waals surface area contributed by atoms with Gasteiger partial charge in [0.1, 0.15) is 12.0 Å². The van der Waals surface area contributed by atoms with Gasteiger partial charge in [-0.1, -0.05) is 18.2 Å². The molecule has 6 nitrogen and oxygen atoms in total. The van der Waals surface area contributed by atoms with E-state index < -0.39 is 0 Å². The van der Waals surface area contributed by atoms with Crippen molar-refractivity contribution in [1.29, 1.82) is 0 Å². The van der Waals surface area contributed by atoms with Gasteiger partial charge in [0.2, 0.25) is 0 Å². The molecule has 1 aliphatic heterocycles. The zero-order chi connectivity index (χ0) is 14.8. The second-order valence-electron chi connectivity index (χ2n) is 5.35. The van der Waals surface area contributed by atoms with Crippen molar-refractivity contribution < 1.29 is 0 Å². The summed E-state index contributed by atoms with van der Waals surface area (Å²) in [7, 11) is 3.80. The van der Waals surface area contributed by atoms with Gasteiger partial charge in [-0.3, -0.25) is 0 Å². The zero-order valence-electron chi connectivity index (χ0n) is 12.4. The van der Waals surface area contributed by atoms with Crippen LogP contribution in [0.1, 0.15) is 12.0 Å². The normalized spacial score (nSPS) is 14.1. The molecule has 0 atom stereocenters. The second-order valence-corrected chi connectivity index (χ2v) is 5.35. The van der Waals surface area contributed by atoms with Gasteiger partial charge in [-0.2, -0.15) is 0 Å². The number of aryl methyl sites for hydroxylation is 1. The summed E-state index contributed by atoms with van der Waals surface area (Å²) in [5.74, 6) is 1.40. The average Bonchev–Trinajstić information content (AvgIpc) is 2.49. The number of hydrogen-bond acceptors (Lipinski definition) is 6. The van der Waals surface area contributed by atoms with E-state index in [-0.39, 0.29) is 0 Å². The molecule has 0 unspecified atom stereocenters. The Hall–Kier alpha value is -2.34. The largest absolute Gasteiger partial charge is 0.393 e. The van der Waals surface area contributed by atoms with E-state index in [4.69, 9.17) is 5.73 Å². The lowest BCUT2D eigenvalue weighted by atomic mass is 10.0. The Bertz CT molecular complexity index is 640. The predicted octanol–water partition coefficient (Wildman–Crippen LogP) is 2.03. The number of fused-ring (bicyclic) bond motifs is 1. The van der Waals surface area contributed by atoms with Crippen LogP contribution < -0.4 is 16.1 Å². The topological polar surface area (TPSA) is 70.3 Å². The smallest absolute Gasteiger partial charge is 0.169 e. The monoisotopic (exact) mass is 284 g/mol. The maximum absolute atomic E-state index is 6.26. The quantitative estimate of drug-likeness (QED) is 0.840. The number of para-hydroxylation sites is 1. The van der Waals surface area contributed by atoms with Crippen molar-refractivity contribution in [3.63, 3.8) is 0 Å². The highest BCUT2D eigenvalue weighted by Gasteiger charge is 2.22. The maximum atomic E-state index is 6.26. The molecule has 0 saturated heterocycles. The Morgan fingerprint density at radius 3 is 2.86 bits per heavy atom. The van der Waals surface area contributed by atoms with Crippen molar-refractivity contribution in [2.45, 2.75) is 12.8 Å². The number of nitrogen functional groups attached to an aromatic ring is 1. The Labute approximate surface area is 124 Å². The minimum atomic E-state index is 0.572. The van der Waals surface area contributed by atoms with Crippen LogP contribution in [0.2, 0.25) is 0 Å². The summed E-state index contributed by atoms with van der Waals surface area (Å²) in [5.41, 5.74) is 12.5. The van der Waals surface area contributed by atoms with Crippen LogP contribution in [-0.2, 0) is 6.42 Å². The van der Waals surface area contributed by atoms with Gasteiger partial charge in [0, 0.05) is 26.3 Å². The van der Waals surface area contributed by atoms with Crippen molar-refractivity contribution in [3.05, 3.63) is 36.2 Å². The van der Waals surface area contributed by atoms with Crippen molar-refractivity contribution >= 4 is 23.0 Å². The molecule has 6 heteroatoms. The van der Waals surface area contributed by atoms with Crippen LogP contribution >= 0.6 is 0 Å². The molecule has 0 radical (unpaired) electrons. The second kappa shape index (κ2) is 5.57. The summed E-state index contributed by atoms with van der Waals surface area (Å²) >= 11 is 0. The first-order chi connectivity index (χ1) is 10.2. The molecular weight excluding hydrogens is 264 g/mol. The Balaban J connectivity index is 2.02. The fourth-order valence-corrected chi connectivity index (χ4v) is 2.66. The molecule has 3 rings (SSSR count). The Morgan fingerprint density at radius 1 is 1.24 bits per heavy atom. The van der Waals surface area contributed by atoms with E-state index in [0.717, 1.165) is 25.2 Å². The SMILES string of the molecule is CN(C)Nc1ncnc(N2CCCc3ccccc32)c1N. The van der Waals surface area contributed by atoms with E-state index >= 15 is 0 Å². The third-order valence-corrected chi connectivity index (χ3v) is 3.56. The molecule has 0 saturated carbocycles. The molecule has 0 spiro atoms. The van der Waals surface area contributed by atoms with E-state index in [1.807, 2.05) is 25.2 Å². The number of rotatable bonds is 3. The third kappa shape index (κ3) is 2.62. The number of anilines is 4. The van der Waals surface area contributed by atoms with Crippen LogP contribution in [0.3, 0.4) is 0 Å². The lowest BCUT2D eigenvalue weighted by Crippen LogP contribution is -2.27. The van der Waals surface area contributed by atoms with Crippen LogP contribution in [0.15, 0.2) is 30.6 Å². The molecule has 1 aromatic carbocycles. The summed E-state index contributed by atoms with van der Waals surface area (Å²) in [4.78, 5) is 10.8. The highest BCUT2D eigenvalue weighted by molar-refractivity contribution is 5.80. The van der Waals surface area contributed by atoms with E-state index in [0.29, 0.717) is 11.5 Å². The molecule has 21 heavy (non-hydrogen) atoms. The molecule has 0 fully saturated rings. The first kappa shape index (κ1) is 13.6. The van der Waals surface area contributed by atoms with Gasteiger partial charge in [-0.15, -0.1) is 0 Å². The average molecular weight is 284 g/mol. The standard InChI is InChI=1S/C15H20N6/c1-20(2)19-14-13(16)15(18-10-17-14)21-9-5-7-11-6-3-4-8-12(11)21/h3-4,6,8,10H,5,7,9,16H2,1-2H3,(H,17,18,19). The molecule has 1 aliphatic rings. The van der Waals surface area contributed by atoms with Crippen molar-refractivity contribution in [3.8, 4) is 0 Å². The van der Waals surface area contributed by atoms with Crippen LogP contribution in [-0.4, -0.2) is 35.6 Å². The summed E-state index contributed by atoms with van der Waals surface area (Å²) in [6, 6.07) is 8.41. The molecule has 3 N–H and O–H groups in total. The molecule has 2 heterocycles. The molecule has 110 valence electrons. The molecule has 0 amide bonds. The lowest BCUT2D eigenvalue weighted by molar-refractivity contribution is 0.492. The summed E-state index contributed by atoms with van der Waals surface area (Å²) in [5, 5.41) is 1.81. The number of nitrogens with two attached hydrogens (primary N) is 1. The summed E-state index contributed by atoms with van der Waals surface area (Å²) in [6.45, 7) is 0.916. The van der Waals surface area contributed by atoms with Gasteiger partial charge < -0.3 is 16.1 Å². The van der Waals surface area contributed by atoms with E-state index in [9.17, 15) is 0 Å². The van der Waals surface area contributed by atoms with Gasteiger partial charge in [0.05, 0.1) is 0 Å². The number of nitrogens with zero attached hydrogens (tertiary/aromatic N) is 4.